The second-order valence-electron chi connectivity index (χ2n) is 7.38. The highest BCUT2D eigenvalue weighted by Gasteiger charge is 2.27. The van der Waals surface area contributed by atoms with Crippen LogP contribution in [0.15, 0.2) is 18.2 Å². The van der Waals surface area contributed by atoms with E-state index in [-0.39, 0.29) is 5.82 Å². The third kappa shape index (κ3) is 3.97. The number of nitrogens with one attached hydrogen (secondary N) is 1. The fourth-order valence-corrected chi connectivity index (χ4v) is 3.23. The van der Waals surface area contributed by atoms with Gasteiger partial charge in [0.25, 0.3) is 0 Å². The van der Waals surface area contributed by atoms with Gasteiger partial charge in [0.15, 0.2) is 0 Å². The molecular weight excluding hydrogens is 249 g/mol. The van der Waals surface area contributed by atoms with Crippen molar-refractivity contribution in [2.75, 3.05) is 5.32 Å². The summed E-state index contributed by atoms with van der Waals surface area (Å²) in [4.78, 5) is 0. The van der Waals surface area contributed by atoms with Crippen LogP contribution in [0.2, 0.25) is 0 Å². The predicted molar refractivity (Wildman–Crippen MR) is 84.6 cm³/mol. The van der Waals surface area contributed by atoms with Crippen LogP contribution in [0, 0.1) is 24.1 Å². The minimum Gasteiger partial charge on any atom is -0.382 e. The third-order valence-corrected chi connectivity index (χ3v) is 4.74. The zero-order valence-corrected chi connectivity index (χ0v) is 13.3. The maximum absolute atomic E-state index is 13.6. The highest BCUT2D eigenvalue weighted by molar-refractivity contribution is 5.46. The summed E-state index contributed by atoms with van der Waals surface area (Å²) < 4.78 is 13.6. The minimum atomic E-state index is -0.115. The van der Waals surface area contributed by atoms with E-state index in [1.165, 1.54) is 32.1 Å². The van der Waals surface area contributed by atoms with Crippen LogP contribution in [-0.2, 0) is 0 Å². The standard InChI is InChI=1S/C18H28FN/c1-13-8-10-16(12-17(13)19)20-15-7-5-6-14(9-11-15)18(2,3)4/h8,10,12,14-15,20H,5-7,9,11H2,1-4H3. The van der Waals surface area contributed by atoms with Crippen molar-refractivity contribution in [1.82, 2.24) is 0 Å². The Hall–Kier alpha value is -1.05. The number of halogens is 1. The van der Waals surface area contributed by atoms with Crippen LogP contribution in [0.3, 0.4) is 0 Å². The molecule has 0 spiro atoms. The molecule has 1 aliphatic carbocycles. The number of rotatable bonds is 2. The molecule has 1 aromatic rings. The second kappa shape index (κ2) is 6.15. The monoisotopic (exact) mass is 277 g/mol. The van der Waals surface area contributed by atoms with Crippen molar-refractivity contribution in [3.63, 3.8) is 0 Å². The summed E-state index contributed by atoms with van der Waals surface area (Å²) >= 11 is 0. The number of hydrogen-bond donors (Lipinski definition) is 1. The molecule has 0 bridgehead atoms. The average Bonchev–Trinajstić information content (AvgIpc) is 2.59. The lowest BCUT2D eigenvalue weighted by Crippen LogP contribution is -2.21. The molecule has 1 N–H and O–H groups in total. The molecular formula is C18H28FN. The maximum atomic E-state index is 13.6. The Balaban J connectivity index is 1.95. The highest BCUT2D eigenvalue weighted by atomic mass is 19.1. The second-order valence-corrected chi connectivity index (χ2v) is 7.38. The predicted octanol–water partition coefficient (Wildman–Crippen LogP) is 5.54. The first kappa shape index (κ1) is 15.3. The van der Waals surface area contributed by atoms with Crippen molar-refractivity contribution >= 4 is 5.69 Å². The van der Waals surface area contributed by atoms with E-state index < -0.39 is 0 Å². The van der Waals surface area contributed by atoms with Gasteiger partial charge in [0.05, 0.1) is 0 Å². The summed E-state index contributed by atoms with van der Waals surface area (Å²) in [6, 6.07) is 5.96. The van der Waals surface area contributed by atoms with Gasteiger partial charge in [-0.1, -0.05) is 33.3 Å². The van der Waals surface area contributed by atoms with Gasteiger partial charge in [0.1, 0.15) is 5.82 Å². The van der Waals surface area contributed by atoms with E-state index in [0.717, 1.165) is 11.6 Å². The molecule has 1 nitrogen and oxygen atoms in total. The smallest absolute Gasteiger partial charge is 0.128 e. The third-order valence-electron chi connectivity index (χ3n) is 4.74. The van der Waals surface area contributed by atoms with E-state index in [1.54, 1.807) is 13.0 Å². The maximum Gasteiger partial charge on any atom is 0.128 e. The fraction of sp³-hybridized carbons (Fsp3) is 0.667. The first-order chi connectivity index (χ1) is 9.36. The van der Waals surface area contributed by atoms with Gasteiger partial charge in [-0.25, -0.2) is 4.39 Å². The van der Waals surface area contributed by atoms with Crippen molar-refractivity contribution in [2.24, 2.45) is 11.3 Å². The lowest BCUT2D eigenvalue weighted by atomic mass is 9.76. The number of benzene rings is 1. The lowest BCUT2D eigenvalue weighted by molar-refractivity contribution is 0.214. The zero-order valence-electron chi connectivity index (χ0n) is 13.3. The molecule has 0 radical (unpaired) electrons. The molecule has 2 rings (SSSR count). The molecule has 0 saturated heterocycles. The van der Waals surface area contributed by atoms with Crippen LogP contribution in [0.1, 0.15) is 58.4 Å². The number of anilines is 1. The van der Waals surface area contributed by atoms with Gasteiger partial charge in [0, 0.05) is 11.7 Å². The molecule has 0 amide bonds. The normalized spacial score (nSPS) is 24.2. The van der Waals surface area contributed by atoms with E-state index in [4.69, 9.17) is 0 Å². The van der Waals surface area contributed by atoms with Crippen LogP contribution in [0.4, 0.5) is 10.1 Å². The summed E-state index contributed by atoms with van der Waals surface area (Å²) in [5.41, 5.74) is 2.04. The quantitative estimate of drug-likeness (QED) is 0.700. The molecule has 2 unspecified atom stereocenters. The van der Waals surface area contributed by atoms with Crippen molar-refractivity contribution < 1.29 is 4.39 Å². The first-order valence-electron chi connectivity index (χ1n) is 7.89. The Labute approximate surface area is 123 Å². The molecule has 1 aromatic carbocycles. The summed E-state index contributed by atoms with van der Waals surface area (Å²) in [6.07, 6.45) is 6.26. The summed E-state index contributed by atoms with van der Waals surface area (Å²) in [6.45, 7) is 8.85. The Kier molecular flexibility index (Phi) is 4.72. The van der Waals surface area contributed by atoms with Crippen LogP contribution < -0.4 is 5.32 Å². The molecule has 2 atom stereocenters. The molecule has 0 aromatic heterocycles. The van der Waals surface area contributed by atoms with Gasteiger partial charge in [-0.2, -0.15) is 0 Å². The van der Waals surface area contributed by atoms with Gasteiger partial charge >= 0.3 is 0 Å². The van der Waals surface area contributed by atoms with Crippen molar-refractivity contribution in [2.45, 2.75) is 65.8 Å². The molecule has 1 aliphatic rings. The van der Waals surface area contributed by atoms with Crippen LogP contribution >= 0.6 is 0 Å². The van der Waals surface area contributed by atoms with E-state index >= 15 is 0 Å². The minimum absolute atomic E-state index is 0.115. The van der Waals surface area contributed by atoms with Crippen LogP contribution in [-0.4, -0.2) is 6.04 Å². The lowest BCUT2D eigenvalue weighted by Gasteiger charge is -2.29. The zero-order chi connectivity index (χ0) is 14.8. The summed E-state index contributed by atoms with van der Waals surface area (Å²) in [5, 5.41) is 3.52. The first-order valence-corrected chi connectivity index (χ1v) is 7.89. The number of hydrogen-bond acceptors (Lipinski definition) is 1. The molecule has 2 heteroatoms. The topological polar surface area (TPSA) is 12.0 Å². The van der Waals surface area contributed by atoms with E-state index in [1.807, 2.05) is 12.1 Å². The Bertz CT molecular complexity index is 447. The Morgan fingerprint density at radius 3 is 2.50 bits per heavy atom. The Morgan fingerprint density at radius 2 is 1.85 bits per heavy atom. The molecule has 1 saturated carbocycles. The van der Waals surface area contributed by atoms with Gasteiger partial charge in [-0.15, -0.1) is 0 Å². The van der Waals surface area contributed by atoms with Crippen molar-refractivity contribution in [1.29, 1.82) is 0 Å². The number of aryl methyl sites for hydroxylation is 1. The summed E-state index contributed by atoms with van der Waals surface area (Å²) in [7, 11) is 0. The van der Waals surface area contributed by atoms with Crippen molar-refractivity contribution in [3.05, 3.63) is 29.6 Å². The molecule has 0 aliphatic heterocycles. The molecule has 112 valence electrons. The van der Waals surface area contributed by atoms with E-state index in [0.29, 0.717) is 17.0 Å². The largest absolute Gasteiger partial charge is 0.382 e. The molecule has 20 heavy (non-hydrogen) atoms. The molecule has 1 fully saturated rings. The van der Waals surface area contributed by atoms with Gasteiger partial charge in [-0.3, -0.25) is 0 Å². The van der Waals surface area contributed by atoms with Gasteiger partial charge in [0.2, 0.25) is 0 Å². The highest BCUT2D eigenvalue weighted by Crippen LogP contribution is 2.37. The van der Waals surface area contributed by atoms with Crippen molar-refractivity contribution in [3.8, 4) is 0 Å². The SMILES string of the molecule is Cc1ccc(NC2CCCC(C(C)(C)C)CC2)cc1F. The van der Waals surface area contributed by atoms with Crippen LogP contribution in [0.25, 0.3) is 0 Å². The van der Waals surface area contributed by atoms with Crippen LogP contribution in [0.5, 0.6) is 0 Å². The van der Waals surface area contributed by atoms with Gasteiger partial charge < -0.3 is 5.32 Å². The summed E-state index contributed by atoms with van der Waals surface area (Å²) in [5.74, 6) is 0.695. The van der Waals surface area contributed by atoms with E-state index in [9.17, 15) is 4.39 Å². The molecule has 0 heterocycles. The Morgan fingerprint density at radius 1 is 1.10 bits per heavy atom. The van der Waals surface area contributed by atoms with Gasteiger partial charge in [-0.05, 0) is 61.6 Å². The fourth-order valence-electron chi connectivity index (χ4n) is 3.23. The average molecular weight is 277 g/mol. The van der Waals surface area contributed by atoms with E-state index in [2.05, 4.69) is 26.1 Å².